The highest BCUT2D eigenvalue weighted by molar-refractivity contribution is 5.78. The third kappa shape index (κ3) is 5.14. The molecule has 26 heavy (non-hydrogen) atoms. The van der Waals surface area contributed by atoms with Crippen LogP contribution in [0.3, 0.4) is 0 Å². The number of hydrogen-bond acceptors (Lipinski definition) is 4. The second kappa shape index (κ2) is 9.28. The van der Waals surface area contributed by atoms with E-state index in [0.717, 1.165) is 32.5 Å². The van der Waals surface area contributed by atoms with Gasteiger partial charge in [-0.2, -0.15) is 0 Å². The second-order valence-electron chi connectivity index (χ2n) is 6.86. The molecule has 2 saturated heterocycles. The van der Waals surface area contributed by atoms with E-state index < -0.39 is 0 Å². The number of halogens is 2. The zero-order valence-electron chi connectivity index (χ0n) is 14.9. The molecule has 0 unspecified atom stereocenters. The van der Waals surface area contributed by atoms with E-state index >= 15 is 0 Å². The minimum atomic E-state index is -0.305. The fraction of sp³-hybridized carbons (Fsp3) is 0.632. The number of benzene rings is 1. The van der Waals surface area contributed by atoms with Crippen molar-refractivity contribution in [3.8, 4) is 5.75 Å². The molecule has 2 aliphatic rings. The summed E-state index contributed by atoms with van der Waals surface area (Å²) in [6, 6.07) is 6.07. The molecule has 5 nitrogen and oxygen atoms in total. The van der Waals surface area contributed by atoms with Gasteiger partial charge in [0.1, 0.15) is 30.9 Å². The van der Waals surface area contributed by atoms with E-state index in [1.54, 1.807) is 12.1 Å². The number of piperidine rings is 1. The highest BCUT2D eigenvalue weighted by Gasteiger charge is 2.33. The topological polar surface area (TPSA) is 42.0 Å². The fourth-order valence-electron chi connectivity index (χ4n) is 3.56. The first-order valence-corrected chi connectivity index (χ1v) is 9.23. The first-order valence-electron chi connectivity index (χ1n) is 9.23. The molecule has 0 bridgehead atoms. The molecule has 2 heterocycles. The second-order valence-corrected chi connectivity index (χ2v) is 6.86. The lowest BCUT2D eigenvalue weighted by atomic mass is 10.0. The number of rotatable bonds is 7. The molecule has 1 aromatic rings. The zero-order chi connectivity index (χ0) is 18.4. The smallest absolute Gasteiger partial charge is 0.248 e. The number of nitrogens with zero attached hydrogens (tertiary/aromatic N) is 2. The monoisotopic (exact) mass is 368 g/mol. The van der Waals surface area contributed by atoms with Crippen molar-refractivity contribution in [3.05, 3.63) is 30.1 Å². The van der Waals surface area contributed by atoms with Crippen molar-refractivity contribution in [1.82, 2.24) is 9.80 Å². The summed E-state index contributed by atoms with van der Waals surface area (Å²) in [6.07, 6.45) is 2.19. The van der Waals surface area contributed by atoms with Crippen molar-refractivity contribution in [2.24, 2.45) is 0 Å². The summed E-state index contributed by atoms with van der Waals surface area (Å²) < 4.78 is 36.5. The van der Waals surface area contributed by atoms with Gasteiger partial charge < -0.3 is 19.3 Å². The number of morpholine rings is 1. The fourth-order valence-corrected chi connectivity index (χ4v) is 3.56. The molecule has 3 rings (SSSR count). The number of carbonyl (C=O) groups excluding carboxylic acids is 1. The number of ether oxygens (including phenoxy) is 2. The van der Waals surface area contributed by atoms with Gasteiger partial charge in [0.05, 0.1) is 13.2 Å². The first kappa shape index (κ1) is 19.0. The van der Waals surface area contributed by atoms with E-state index in [4.69, 9.17) is 9.47 Å². The van der Waals surface area contributed by atoms with Crippen LogP contribution in [0.15, 0.2) is 24.3 Å². The van der Waals surface area contributed by atoms with Crippen LogP contribution < -0.4 is 4.74 Å². The van der Waals surface area contributed by atoms with Gasteiger partial charge >= 0.3 is 0 Å². The number of carbonyl (C=O) groups is 1. The number of likely N-dealkylation sites (tertiary alicyclic amines) is 1. The van der Waals surface area contributed by atoms with Crippen LogP contribution in [0.5, 0.6) is 5.75 Å². The van der Waals surface area contributed by atoms with Gasteiger partial charge in [0, 0.05) is 25.7 Å². The molecule has 1 aromatic carbocycles. The number of amides is 1. The minimum Gasteiger partial charge on any atom is -0.491 e. The van der Waals surface area contributed by atoms with Crippen LogP contribution in [0.2, 0.25) is 0 Å². The highest BCUT2D eigenvalue weighted by Crippen LogP contribution is 2.21. The molecule has 0 aromatic heterocycles. The molecule has 0 radical (unpaired) electrons. The van der Waals surface area contributed by atoms with Crippen molar-refractivity contribution in [1.29, 1.82) is 0 Å². The molecule has 144 valence electrons. The molecule has 0 N–H and O–H groups in total. The molecule has 0 saturated carbocycles. The Morgan fingerprint density at radius 3 is 2.62 bits per heavy atom. The molecule has 0 spiro atoms. The first-order chi connectivity index (χ1) is 12.7. The SMILES string of the molecule is O=C1CO[C@@H](COc2ccc(F)cc2)CN1C1CCN(CCCF)CC1. The Morgan fingerprint density at radius 2 is 1.92 bits per heavy atom. The van der Waals surface area contributed by atoms with Gasteiger partial charge in [-0.05, 0) is 43.5 Å². The van der Waals surface area contributed by atoms with Gasteiger partial charge in [-0.25, -0.2) is 4.39 Å². The van der Waals surface area contributed by atoms with Gasteiger partial charge in [0.15, 0.2) is 0 Å². The summed E-state index contributed by atoms with van der Waals surface area (Å²) in [4.78, 5) is 16.4. The van der Waals surface area contributed by atoms with Crippen LogP contribution in [-0.2, 0) is 9.53 Å². The van der Waals surface area contributed by atoms with E-state index in [1.807, 2.05) is 4.90 Å². The average Bonchev–Trinajstić information content (AvgIpc) is 2.67. The van der Waals surface area contributed by atoms with Crippen LogP contribution in [0.4, 0.5) is 8.78 Å². The Bertz CT molecular complexity index is 577. The molecule has 0 aliphatic carbocycles. The molecule has 1 amide bonds. The Morgan fingerprint density at radius 1 is 1.19 bits per heavy atom. The van der Waals surface area contributed by atoms with Crippen molar-refractivity contribution in [2.75, 3.05) is 46.1 Å². The summed E-state index contributed by atoms with van der Waals surface area (Å²) in [5.41, 5.74) is 0. The summed E-state index contributed by atoms with van der Waals surface area (Å²) in [7, 11) is 0. The van der Waals surface area contributed by atoms with E-state index in [9.17, 15) is 13.6 Å². The van der Waals surface area contributed by atoms with E-state index in [-0.39, 0.29) is 37.2 Å². The maximum atomic E-state index is 12.9. The van der Waals surface area contributed by atoms with Crippen molar-refractivity contribution >= 4 is 5.91 Å². The Labute approximate surface area is 152 Å². The Hall–Kier alpha value is -1.73. The van der Waals surface area contributed by atoms with Crippen LogP contribution >= 0.6 is 0 Å². The lowest BCUT2D eigenvalue weighted by molar-refractivity contribution is -0.155. The summed E-state index contributed by atoms with van der Waals surface area (Å²) in [5.74, 6) is 0.297. The predicted octanol–water partition coefficient (Wildman–Crippen LogP) is 2.26. The maximum absolute atomic E-state index is 12.9. The van der Waals surface area contributed by atoms with Gasteiger partial charge in [0.25, 0.3) is 0 Å². The van der Waals surface area contributed by atoms with Crippen LogP contribution in [0.1, 0.15) is 19.3 Å². The van der Waals surface area contributed by atoms with Crippen LogP contribution in [-0.4, -0.2) is 73.9 Å². The lowest BCUT2D eigenvalue weighted by Gasteiger charge is -2.42. The van der Waals surface area contributed by atoms with E-state index in [2.05, 4.69) is 4.90 Å². The molecule has 2 fully saturated rings. The lowest BCUT2D eigenvalue weighted by Crippen LogP contribution is -2.55. The van der Waals surface area contributed by atoms with Gasteiger partial charge in [-0.1, -0.05) is 0 Å². The molecular weight excluding hydrogens is 342 g/mol. The normalized spacial score (nSPS) is 22.6. The summed E-state index contributed by atoms with van der Waals surface area (Å²) >= 11 is 0. The largest absolute Gasteiger partial charge is 0.491 e. The maximum Gasteiger partial charge on any atom is 0.248 e. The molecule has 1 atom stereocenters. The minimum absolute atomic E-state index is 0.0187. The van der Waals surface area contributed by atoms with Gasteiger partial charge in [0.2, 0.25) is 5.91 Å². The zero-order valence-corrected chi connectivity index (χ0v) is 14.9. The number of alkyl halides is 1. The third-order valence-electron chi connectivity index (χ3n) is 5.02. The highest BCUT2D eigenvalue weighted by atomic mass is 19.1. The number of hydrogen-bond donors (Lipinski definition) is 0. The summed E-state index contributed by atoms with van der Waals surface area (Å²) in [5, 5.41) is 0. The van der Waals surface area contributed by atoms with E-state index in [1.165, 1.54) is 12.1 Å². The standard InChI is InChI=1S/C19H26F2N2O3/c20-8-1-9-22-10-6-16(7-11-22)23-12-18(26-14-19(23)24)13-25-17-4-2-15(21)3-5-17/h2-5,16,18H,1,6-14H2/t18-/m1/s1. The molecule has 7 heteroatoms. The van der Waals surface area contributed by atoms with Crippen LogP contribution in [0.25, 0.3) is 0 Å². The van der Waals surface area contributed by atoms with Crippen molar-refractivity contribution < 1.29 is 23.0 Å². The quantitative estimate of drug-likeness (QED) is 0.740. The average molecular weight is 368 g/mol. The molecule has 2 aliphatic heterocycles. The Balaban J connectivity index is 1.47. The molecular formula is C19H26F2N2O3. The van der Waals surface area contributed by atoms with Crippen molar-refractivity contribution in [2.45, 2.75) is 31.4 Å². The Kier molecular flexibility index (Phi) is 6.80. The van der Waals surface area contributed by atoms with E-state index in [0.29, 0.717) is 25.3 Å². The van der Waals surface area contributed by atoms with Gasteiger partial charge in [-0.3, -0.25) is 9.18 Å². The third-order valence-corrected chi connectivity index (χ3v) is 5.02. The van der Waals surface area contributed by atoms with Gasteiger partial charge in [-0.15, -0.1) is 0 Å². The van der Waals surface area contributed by atoms with Crippen LogP contribution in [0, 0.1) is 5.82 Å². The predicted molar refractivity (Wildman–Crippen MR) is 93.4 cm³/mol. The van der Waals surface area contributed by atoms with Crippen molar-refractivity contribution in [3.63, 3.8) is 0 Å². The summed E-state index contributed by atoms with van der Waals surface area (Å²) in [6.45, 7) is 3.20.